The molecule has 0 saturated carbocycles. The fraction of sp³-hybridized carbons (Fsp3) is 0. The van der Waals surface area contributed by atoms with E-state index in [0.29, 0.717) is 0 Å². The molecule has 0 aliphatic heterocycles. The van der Waals surface area contributed by atoms with Crippen LogP contribution in [0.4, 0.5) is 17.6 Å². The van der Waals surface area contributed by atoms with Crippen LogP contribution >= 0.6 is 0 Å². The predicted molar refractivity (Wildman–Crippen MR) is 77.8 cm³/mol. The van der Waals surface area contributed by atoms with Crippen molar-refractivity contribution in [2.75, 3.05) is 0 Å². The molecule has 0 heterocycles. The number of rotatable bonds is 4. The highest BCUT2D eigenvalue weighted by molar-refractivity contribution is 7.94. The third kappa shape index (κ3) is 3.68. The zero-order valence-corrected chi connectivity index (χ0v) is 14.8. The number of hydrogen-bond acceptors (Lipinski definition) is 6. The maximum Gasteiger partial charge on any atom is 0.298 e. The molecule has 0 fully saturated rings. The number of benzene rings is 2. The van der Waals surface area contributed by atoms with Crippen molar-refractivity contribution in [2.45, 2.75) is 19.6 Å². The van der Waals surface area contributed by atoms with Crippen molar-refractivity contribution in [2.24, 2.45) is 0 Å². The molecule has 8 nitrogen and oxygen atoms in total. The van der Waals surface area contributed by atoms with Crippen molar-refractivity contribution in [3.63, 3.8) is 0 Å². The van der Waals surface area contributed by atoms with Crippen molar-refractivity contribution in [1.82, 2.24) is 0 Å². The smallest absolute Gasteiger partial charge is 0.282 e. The van der Waals surface area contributed by atoms with Gasteiger partial charge in [-0.25, -0.2) is 26.0 Å². The molecule has 0 aromatic heterocycles. The summed E-state index contributed by atoms with van der Waals surface area (Å²) < 4.78 is 142. The molecule has 2 rings (SSSR count). The zero-order valence-electron chi connectivity index (χ0n) is 12.4. The molecule has 0 saturated heterocycles. The van der Waals surface area contributed by atoms with Crippen molar-refractivity contribution in [3.8, 4) is 0 Å². The van der Waals surface area contributed by atoms with Crippen molar-refractivity contribution in [3.05, 3.63) is 47.5 Å². The first-order valence-electron chi connectivity index (χ1n) is 6.26. The Bertz CT molecular complexity index is 1170. The van der Waals surface area contributed by atoms with Gasteiger partial charge in [0.25, 0.3) is 20.2 Å². The monoisotopic (exact) mass is 450 g/mol. The zero-order chi connectivity index (χ0) is 20.9. The molecule has 2 aromatic carbocycles. The minimum absolute atomic E-state index is 0.129. The van der Waals surface area contributed by atoms with Crippen molar-refractivity contribution < 1.29 is 51.9 Å². The van der Waals surface area contributed by atoms with Gasteiger partial charge < -0.3 is 0 Å². The van der Waals surface area contributed by atoms with Crippen molar-refractivity contribution in [1.29, 1.82) is 0 Å². The summed E-state index contributed by atoms with van der Waals surface area (Å²) in [6.07, 6.45) is 0. The quantitative estimate of drug-likeness (QED) is 0.406. The molecule has 0 atom stereocenters. The van der Waals surface area contributed by atoms with Crippen LogP contribution in [0.5, 0.6) is 0 Å². The predicted octanol–water partition coefficient (Wildman–Crippen LogP) is 1.57. The average Bonchev–Trinajstić information content (AvgIpc) is 2.49. The highest BCUT2D eigenvalue weighted by atomic mass is 32.2. The Morgan fingerprint density at radius 2 is 0.889 bits per heavy atom. The Hall–Kier alpha value is -2.07. The molecule has 2 N–H and O–H groups in total. The summed E-state index contributed by atoms with van der Waals surface area (Å²) in [6.45, 7) is 0. The second-order valence-electron chi connectivity index (χ2n) is 4.83. The van der Waals surface area contributed by atoms with Crippen LogP contribution in [0.15, 0.2) is 43.8 Å². The Morgan fingerprint density at radius 3 is 1.15 bits per heavy atom. The van der Waals surface area contributed by atoms with Gasteiger partial charge >= 0.3 is 0 Å². The molecular formula is C12H6F4O8S3. The van der Waals surface area contributed by atoms with Crippen LogP contribution in [0, 0.1) is 23.3 Å². The van der Waals surface area contributed by atoms with Gasteiger partial charge in [0.1, 0.15) is 0 Å². The summed E-state index contributed by atoms with van der Waals surface area (Å²) in [5, 5.41) is 0. The minimum atomic E-state index is -5.72. The molecule has 0 unspecified atom stereocenters. The standard InChI is InChI=1S/C12H6F4O8S3/c13-5-1-3-7(11(9(5)15)26(19,20)21)25(17,18)8-4-2-6(14)10(16)12(8)27(22,23)24/h1-4H,(H,19,20,21)(H,22,23,24). The highest BCUT2D eigenvalue weighted by Gasteiger charge is 2.37. The van der Waals surface area contributed by atoms with Crippen LogP contribution < -0.4 is 0 Å². The van der Waals surface area contributed by atoms with Crippen molar-refractivity contribution >= 4 is 30.1 Å². The second-order valence-corrected chi connectivity index (χ2v) is 9.43. The van der Waals surface area contributed by atoms with Crippen LogP contribution in [0.2, 0.25) is 0 Å². The topological polar surface area (TPSA) is 143 Å². The molecular weight excluding hydrogens is 444 g/mol. The number of sulfone groups is 1. The molecule has 0 radical (unpaired) electrons. The Morgan fingerprint density at radius 1 is 0.593 bits per heavy atom. The summed E-state index contributed by atoms with van der Waals surface area (Å²) in [6, 6.07) is 0.547. The van der Waals surface area contributed by atoms with E-state index < -0.39 is 72.9 Å². The van der Waals surface area contributed by atoms with Crippen LogP contribution in [0.25, 0.3) is 0 Å². The largest absolute Gasteiger partial charge is 0.298 e. The van der Waals surface area contributed by atoms with Gasteiger partial charge in [0, 0.05) is 0 Å². The molecule has 0 aliphatic rings. The molecule has 0 aliphatic carbocycles. The summed E-state index contributed by atoms with van der Waals surface area (Å²) in [5.74, 6) is -8.42. The van der Waals surface area contributed by atoms with Crippen LogP contribution in [-0.4, -0.2) is 34.4 Å². The van der Waals surface area contributed by atoms with E-state index in [2.05, 4.69) is 0 Å². The molecule has 0 spiro atoms. The molecule has 0 bridgehead atoms. The molecule has 27 heavy (non-hydrogen) atoms. The SMILES string of the molecule is O=S(=O)(O)c1c(S(=O)(=O)c2ccc(F)c(F)c2S(=O)(=O)O)ccc(F)c1F. The Labute approximate surface area is 149 Å². The van der Waals surface area contributed by atoms with Gasteiger partial charge in [-0.3, -0.25) is 9.11 Å². The molecule has 0 amide bonds. The normalized spacial score (nSPS) is 13.0. The first kappa shape index (κ1) is 21.2. The van der Waals surface area contributed by atoms with Gasteiger partial charge in [0.15, 0.2) is 33.1 Å². The molecule has 148 valence electrons. The van der Waals surface area contributed by atoms with E-state index in [0.717, 1.165) is 0 Å². The molecule has 15 heteroatoms. The van der Waals surface area contributed by atoms with Gasteiger partial charge in [-0.15, -0.1) is 0 Å². The first-order chi connectivity index (χ1) is 12.1. The van der Waals surface area contributed by atoms with Gasteiger partial charge in [-0.1, -0.05) is 0 Å². The second kappa shape index (κ2) is 6.52. The lowest BCUT2D eigenvalue weighted by Gasteiger charge is -2.13. The Kier molecular flexibility index (Phi) is 5.13. The first-order valence-corrected chi connectivity index (χ1v) is 10.6. The van der Waals surface area contributed by atoms with Crippen LogP contribution in [-0.2, 0) is 30.1 Å². The minimum Gasteiger partial charge on any atom is -0.282 e. The lowest BCUT2D eigenvalue weighted by Crippen LogP contribution is -2.17. The number of halogens is 4. The van der Waals surface area contributed by atoms with E-state index in [1.54, 1.807) is 0 Å². The summed E-state index contributed by atoms with van der Waals surface area (Å²) >= 11 is 0. The van der Waals surface area contributed by atoms with Gasteiger partial charge in [-0.05, 0) is 24.3 Å². The van der Waals surface area contributed by atoms with Gasteiger partial charge in [0.05, 0.1) is 9.79 Å². The fourth-order valence-corrected chi connectivity index (χ4v) is 6.03. The Balaban J connectivity index is 3.05. The number of hydrogen-bond donors (Lipinski definition) is 2. The van der Waals surface area contributed by atoms with Gasteiger partial charge in [-0.2, -0.15) is 16.8 Å². The van der Waals surface area contributed by atoms with Crippen LogP contribution in [0.3, 0.4) is 0 Å². The molecule has 2 aromatic rings. The van der Waals surface area contributed by atoms with E-state index >= 15 is 0 Å². The maximum atomic E-state index is 13.8. The average molecular weight is 450 g/mol. The third-order valence-corrected chi connectivity index (χ3v) is 7.05. The van der Waals surface area contributed by atoms with Crippen LogP contribution in [0.1, 0.15) is 0 Å². The van der Waals surface area contributed by atoms with E-state index in [9.17, 15) is 42.8 Å². The van der Waals surface area contributed by atoms with E-state index in [1.165, 1.54) is 0 Å². The maximum absolute atomic E-state index is 13.8. The third-order valence-electron chi connectivity index (χ3n) is 3.12. The van der Waals surface area contributed by atoms with Gasteiger partial charge in [0.2, 0.25) is 9.84 Å². The summed E-state index contributed by atoms with van der Waals surface area (Å²) in [4.78, 5) is -7.54. The highest BCUT2D eigenvalue weighted by Crippen LogP contribution is 2.34. The summed E-state index contributed by atoms with van der Waals surface area (Å²) in [7, 11) is -17.0. The lowest BCUT2D eigenvalue weighted by atomic mass is 10.3. The van der Waals surface area contributed by atoms with E-state index in [4.69, 9.17) is 9.11 Å². The fourth-order valence-electron chi connectivity index (χ4n) is 2.05. The van der Waals surface area contributed by atoms with E-state index in [-0.39, 0.29) is 24.3 Å². The lowest BCUT2D eigenvalue weighted by molar-refractivity contribution is 0.443. The van der Waals surface area contributed by atoms with E-state index in [1.807, 2.05) is 0 Å². The summed E-state index contributed by atoms with van der Waals surface area (Å²) in [5.41, 5.74) is 0.